The maximum Gasteiger partial charge on any atom is 0.234 e. The van der Waals surface area contributed by atoms with E-state index in [0.717, 1.165) is 33.6 Å². The Morgan fingerprint density at radius 3 is 2.24 bits per heavy atom. The lowest BCUT2D eigenvalue weighted by Crippen LogP contribution is -2.14. The molecule has 0 unspecified atom stereocenters. The van der Waals surface area contributed by atoms with Gasteiger partial charge in [-0.15, -0.1) is 10.2 Å². The highest BCUT2D eigenvalue weighted by Crippen LogP contribution is 2.25. The number of nitrogens with one attached hydrogen (secondary N) is 1. The number of rotatable bonds is 6. The molecule has 3 aromatic carbocycles. The van der Waals surface area contributed by atoms with Crippen LogP contribution in [0.15, 0.2) is 90.1 Å². The summed E-state index contributed by atoms with van der Waals surface area (Å²) in [5, 5.41) is 16.7. The van der Waals surface area contributed by atoms with Gasteiger partial charge in [-0.1, -0.05) is 72.4 Å². The number of carbonyl (C=O) groups is 1. The van der Waals surface area contributed by atoms with Crippen molar-refractivity contribution in [1.82, 2.24) is 19.8 Å². The van der Waals surface area contributed by atoms with Crippen molar-refractivity contribution in [2.24, 2.45) is 0 Å². The van der Waals surface area contributed by atoms with Crippen LogP contribution >= 0.6 is 11.8 Å². The lowest BCUT2D eigenvalue weighted by Gasteiger charge is -2.07. The monoisotopic (exact) mass is 465 g/mol. The molecule has 5 rings (SSSR count). The SMILES string of the molecule is Cc1cc(C)cc(NC(=O)CSc2nnc3ccc(-c4ccc(-c5ccccc5)cc4)nn23)c1. The Morgan fingerprint density at radius 1 is 0.824 bits per heavy atom. The third-order valence-electron chi connectivity index (χ3n) is 5.36. The molecule has 0 aliphatic heterocycles. The first kappa shape index (κ1) is 21.9. The molecule has 168 valence electrons. The van der Waals surface area contributed by atoms with Crippen LogP contribution in [0.25, 0.3) is 28.0 Å². The van der Waals surface area contributed by atoms with Gasteiger partial charge in [0.25, 0.3) is 0 Å². The molecule has 7 heteroatoms. The molecule has 34 heavy (non-hydrogen) atoms. The number of carbonyl (C=O) groups excluding carboxylic acids is 1. The molecule has 6 nitrogen and oxygen atoms in total. The summed E-state index contributed by atoms with van der Waals surface area (Å²) >= 11 is 1.31. The van der Waals surface area contributed by atoms with Crippen molar-refractivity contribution < 1.29 is 4.79 Å². The first-order valence-corrected chi connectivity index (χ1v) is 11.9. The number of hydrogen-bond donors (Lipinski definition) is 1. The van der Waals surface area contributed by atoms with Crippen molar-refractivity contribution in [2.75, 3.05) is 11.1 Å². The zero-order valence-corrected chi connectivity index (χ0v) is 19.7. The average molecular weight is 466 g/mol. The molecule has 0 atom stereocenters. The molecular weight excluding hydrogens is 442 g/mol. The fourth-order valence-electron chi connectivity index (χ4n) is 3.85. The highest BCUT2D eigenvalue weighted by molar-refractivity contribution is 7.99. The molecule has 2 aromatic heterocycles. The van der Waals surface area contributed by atoms with E-state index in [1.165, 1.54) is 17.3 Å². The quantitative estimate of drug-likeness (QED) is 0.321. The van der Waals surface area contributed by atoms with Crippen LogP contribution in [-0.2, 0) is 4.79 Å². The van der Waals surface area contributed by atoms with E-state index in [1.807, 2.05) is 56.3 Å². The van der Waals surface area contributed by atoms with Gasteiger partial charge in [-0.2, -0.15) is 9.61 Å². The molecule has 2 heterocycles. The van der Waals surface area contributed by atoms with Crippen LogP contribution in [0.4, 0.5) is 5.69 Å². The van der Waals surface area contributed by atoms with E-state index < -0.39 is 0 Å². The van der Waals surface area contributed by atoms with E-state index in [0.29, 0.717) is 10.8 Å². The summed E-state index contributed by atoms with van der Waals surface area (Å²) < 4.78 is 1.69. The summed E-state index contributed by atoms with van der Waals surface area (Å²) in [5.74, 6) is 0.116. The van der Waals surface area contributed by atoms with Crippen LogP contribution in [-0.4, -0.2) is 31.5 Å². The lowest BCUT2D eigenvalue weighted by atomic mass is 10.0. The number of anilines is 1. The van der Waals surface area contributed by atoms with Crippen molar-refractivity contribution in [3.63, 3.8) is 0 Å². The number of thioether (sulfide) groups is 1. The van der Waals surface area contributed by atoms with Gasteiger partial charge in [-0.05, 0) is 60.4 Å². The second kappa shape index (κ2) is 9.49. The largest absolute Gasteiger partial charge is 0.325 e. The van der Waals surface area contributed by atoms with Gasteiger partial charge < -0.3 is 5.32 Å². The molecule has 0 aliphatic rings. The van der Waals surface area contributed by atoms with Crippen LogP contribution in [0.2, 0.25) is 0 Å². The summed E-state index contributed by atoms with van der Waals surface area (Å²) in [5.41, 5.74) is 7.80. The van der Waals surface area contributed by atoms with Gasteiger partial charge in [-0.25, -0.2) is 0 Å². The number of aryl methyl sites for hydroxylation is 2. The van der Waals surface area contributed by atoms with Crippen molar-refractivity contribution in [3.8, 4) is 22.4 Å². The Hall–Kier alpha value is -3.97. The van der Waals surface area contributed by atoms with E-state index in [9.17, 15) is 4.79 Å². The summed E-state index contributed by atoms with van der Waals surface area (Å²) in [6, 6.07) is 28.4. The zero-order valence-electron chi connectivity index (χ0n) is 18.9. The summed E-state index contributed by atoms with van der Waals surface area (Å²) in [6.45, 7) is 4.02. The maximum atomic E-state index is 12.5. The third kappa shape index (κ3) is 4.84. The predicted molar refractivity (Wildman–Crippen MR) is 137 cm³/mol. The lowest BCUT2D eigenvalue weighted by molar-refractivity contribution is -0.113. The Labute approximate surface area is 202 Å². The first-order chi connectivity index (χ1) is 16.5. The Bertz CT molecular complexity index is 1440. The molecule has 0 fully saturated rings. The van der Waals surface area contributed by atoms with Gasteiger partial charge in [0.1, 0.15) is 0 Å². The fourth-order valence-corrected chi connectivity index (χ4v) is 4.54. The molecule has 0 aliphatic carbocycles. The molecule has 0 saturated heterocycles. The van der Waals surface area contributed by atoms with E-state index >= 15 is 0 Å². The number of nitrogens with zero attached hydrogens (tertiary/aromatic N) is 4. The molecule has 0 saturated carbocycles. The summed E-state index contributed by atoms with van der Waals surface area (Å²) in [7, 11) is 0. The smallest absolute Gasteiger partial charge is 0.234 e. The topological polar surface area (TPSA) is 72.2 Å². The van der Waals surface area contributed by atoms with Crippen LogP contribution in [0, 0.1) is 13.8 Å². The highest BCUT2D eigenvalue weighted by Gasteiger charge is 2.12. The van der Waals surface area contributed by atoms with Crippen molar-refractivity contribution in [2.45, 2.75) is 19.0 Å². The Balaban J connectivity index is 1.31. The molecule has 5 aromatic rings. The van der Waals surface area contributed by atoms with E-state index in [1.54, 1.807) is 4.52 Å². The van der Waals surface area contributed by atoms with E-state index in [4.69, 9.17) is 5.10 Å². The average Bonchev–Trinajstić information content (AvgIpc) is 3.25. The molecule has 1 N–H and O–H groups in total. The van der Waals surface area contributed by atoms with Gasteiger partial charge in [0.2, 0.25) is 11.1 Å². The van der Waals surface area contributed by atoms with Crippen molar-refractivity contribution in [3.05, 3.63) is 96.1 Å². The minimum Gasteiger partial charge on any atom is -0.325 e. The van der Waals surface area contributed by atoms with Crippen LogP contribution < -0.4 is 5.32 Å². The van der Waals surface area contributed by atoms with Gasteiger partial charge >= 0.3 is 0 Å². The normalized spacial score (nSPS) is 11.0. The van der Waals surface area contributed by atoms with Crippen molar-refractivity contribution in [1.29, 1.82) is 0 Å². The van der Waals surface area contributed by atoms with Crippen LogP contribution in [0.3, 0.4) is 0 Å². The van der Waals surface area contributed by atoms with Crippen LogP contribution in [0.1, 0.15) is 11.1 Å². The standard InChI is InChI=1S/C27H23N5OS/c1-18-14-19(2)16-23(15-18)28-26(33)17-34-27-30-29-25-13-12-24(31-32(25)27)22-10-8-21(9-11-22)20-6-4-3-5-7-20/h3-16H,17H2,1-2H3,(H,28,33). The summed E-state index contributed by atoms with van der Waals surface area (Å²) in [4.78, 5) is 12.5. The van der Waals surface area contributed by atoms with Gasteiger partial charge in [0, 0.05) is 11.3 Å². The highest BCUT2D eigenvalue weighted by atomic mass is 32.2. The number of aromatic nitrogens is 4. The van der Waals surface area contributed by atoms with Gasteiger partial charge in [0.15, 0.2) is 5.65 Å². The third-order valence-corrected chi connectivity index (χ3v) is 6.28. The molecule has 0 radical (unpaired) electrons. The Kier molecular flexibility index (Phi) is 6.10. The first-order valence-electron chi connectivity index (χ1n) is 10.9. The molecule has 1 amide bonds. The zero-order chi connectivity index (χ0) is 23.5. The Morgan fingerprint density at radius 2 is 1.50 bits per heavy atom. The maximum absolute atomic E-state index is 12.5. The van der Waals surface area contributed by atoms with E-state index in [2.05, 4.69) is 58.0 Å². The molecule has 0 spiro atoms. The predicted octanol–water partition coefficient (Wildman–Crippen LogP) is 5.81. The molecule has 0 bridgehead atoms. The van der Waals surface area contributed by atoms with Gasteiger partial charge in [-0.3, -0.25) is 4.79 Å². The van der Waals surface area contributed by atoms with Crippen molar-refractivity contribution >= 4 is 29.0 Å². The fraction of sp³-hybridized carbons (Fsp3) is 0.111. The second-order valence-corrected chi connectivity index (χ2v) is 9.07. The number of hydrogen-bond acceptors (Lipinski definition) is 5. The number of amides is 1. The number of fused-ring (bicyclic) bond motifs is 1. The van der Waals surface area contributed by atoms with Crippen LogP contribution in [0.5, 0.6) is 0 Å². The van der Waals surface area contributed by atoms with E-state index in [-0.39, 0.29) is 11.7 Å². The second-order valence-electron chi connectivity index (χ2n) is 8.13. The molecular formula is C27H23N5OS. The number of benzene rings is 3. The van der Waals surface area contributed by atoms with Gasteiger partial charge in [0.05, 0.1) is 11.4 Å². The minimum atomic E-state index is -0.0978. The summed E-state index contributed by atoms with van der Waals surface area (Å²) in [6.07, 6.45) is 0. The minimum absolute atomic E-state index is 0.0978.